The largest absolute Gasteiger partial charge is 0.502 e. The van der Waals surface area contributed by atoms with Crippen LogP contribution in [0.25, 0.3) is 0 Å². The Bertz CT molecular complexity index is 1370. The Kier molecular flexibility index (Phi) is 9.26. The molecule has 4 rings (SSSR count). The van der Waals surface area contributed by atoms with E-state index in [2.05, 4.69) is 50.2 Å². The average Bonchev–Trinajstić information content (AvgIpc) is 3.40. The number of nitrogens with one attached hydrogen (secondary N) is 2. The maximum absolute atomic E-state index is 13.0. The minimum atomic E-state index is -0.582. The summed E-state index contributed by atoms with van der Waals surface area (Å²) in [6.45, 7) is 4.38. The molecule has 38 heavy (non-hydrogen) atoms. The van der Waals surface area contributed by atoms with Crippen LogP contribution in [0.5, 0.6) is 5.75 Å². The zero-order valence-electron chi connectivity index (χ0n) is 21.5. The number of alkyl halides is 1. The number of H-pyrrole nitrogens is 1. The number of nitriles is 1. The fourth-order valence-electron chi connectivity index (χ4n) is 4.53. The number of aromatic nitrogens is 2. The molecule has 1 fully saturated rings. The summed E-state index contributed by atoms with van der Waals surface area (Å²) in [6.07, 6.45) is 2.54. The van der Waals surface area contributed by atoms with E-state index in [0.29, 0.717) is 18.7 Å². The predicted octanol–water partition coefficient (Wildman–Crippen LogP) is 3.49. The Morgan fingerprint density at radius 1 is 1.18 bits per heavy atom. The van der Waals surface area contributed by atoms with Gasteiger partial charge in [0.15, 0.2) is 0 Å². The van der Waals surface area contributed by atoms with E-state index < -0.39 is 18.0 Å². The molecule has 7 nitrogen and oxygen atoms in total. The third-order valence-corrected chi connectivity index (χ3v) is 6.84. The van der Waals surface area contributed by atoms with Gasteiger partial charge in [-0.2, -0.15) is 5.26 Å². The van der Waals surface area contributed by atoms with Gasteiger partial charge in [0, 0.05) is 49.1 Å². The lowest BCUT2D eigenvalue weighted by Crippen LogP contribution is -2.32. The number of hydrogen-bond donors (Lipinski definition) is 3. The van der Waals surface area contributed by atoms with Gasteiger partial charge in [0.1, 0.15) is 6.67 Å². The molecular formula is C30H32FN5O2. The lowest BCUT2D eigenvalue weighted by atomic mass is 9.92. The van der Waals surface area contributed by atoms with Crippen LogP contribution in [0.3, 0.4) is 0 Å². The summed E-state index contributed by atoms with van der Waals surface area (Å²) in [5, 5.41) is 22.4. The van der Waals surface area contributed by atoms with Gasteiger partial charge in [-0.15, -0.1) is 0 Å². The van der Waals surface area contributed by atoms with E-state index >= 15 is 0 Å². The minimum absolute atomic E-state index is 0.127. The number of benzene rings is 2. The summed E-state index contributed by atoms with van der Waals surface area (Å²) in [5.41, 5.74) is 3.68. The molecule has 1 aliphatic rings. The predicted molar refractivity (Wildman–Crippen MR) is 144 cm³/mol. The Morgan fingerprint density at radius 3 is 2.50 bits per heavy atom. The lowest BCUT2D eigenvalue weighted by Gasteiger charge is -2.20. The smallest absolute Gasteiger partial charge is 0.293 e. The normalized spacial score (nSPS) is 16.8. The zero-order valence-corrected chi connectivity index (χ0v) is 21.5. The molecule has 0 radical (unpaired) electrons. The van der Waals surface area contributed by atoms with Crippen LogP contribution in [-0.4, -0.2) is 52.3 Å². The van der Waals surface area contributed by atoms with E-state index in [1.54, 1.807) is 6.92 Å². The van der Waals surface area contributed by atoms with Gasteiger partial charge in [0.25, 0.3) is 5.56 Å². The molecule has 1 unspecified atom stereocenters. The monoisotopic (exact) mass is 513 g/mol. The van der Waals surface area contributed by atoms with Crippen LogP contribution in [0.4, 0.5) is 4.39 Å². The number of halogens is 1. The SMILES string of the molecule is C[C@@H](CF)NCC(Cc1nc[nH]c(=O)c1O)c1ccc(C#Cc2ccc(CN3CC[C@H](C#N)C3)cc2)cc1. The van der Waals surface area contributed by atoms with Gasteiger partial charge >= 0.3 is 0 Å². The van der Waals surface area contributed by atoms with Crippen molar-refractivity contribution >= 4 is 0 Å². The van der Waals surface area contributed by atoms with Crippen LogP contribution in [0.1, 0.15) is 47.2 Å². The molecule has 1 aliphatic heterocycles. The molecule has 0 amide bonds. The standard InChI is InChI=1S/C30H32FN5O2/c1-21(15-31)33-17-27(14-28-29(37)30(38)35-20-34-28)26-10-8-23(9-11-26)3-2-22-4-6-24(7-5-22)18-36-13-12-25(16-32)19-36/h4-11,20-21,25,27,33,37H,12-15,17-19H2,1H3,(H,34,35,38)/t21-,25+,27?/m0/s1. The van der Waals surface area contributed by atoms with Crippen LogP contribution in [0.15, 0.2) is 59.7 Å². The van der Waals surface area contributed by atoms with Crippen molar-refractivity contribution in [3.8, 4) is 23.7 Å². The van der Waals surface area contributed by atoms with E-state index in [0.717, 1.165) is 42.7 Å². The lowest BCUT2D eigenvalue weighted by molar-refractivity contribution is 0.325. The molecule has 2 heterocycles. The zero-order chi connectivity index (χ0) is 26.9. The van der Waals surface area contributed by atoms with Crippen LogP contribution < -0.4 is 10.9 Å². The third kappa shape index (κ3) is 7.29. The highest BCUT2D eigenvalue weighted by Crippen LogP contribution is 2.23. The summed E-state index contributed by atoms with van der Waals surface area (Å²) in [5.74, 6) is 6.03. The number of aromatic amines is 1. The molecule has 3 N–H and O–H groups in total. The first-order valence-electron chi connectivity index (χ1n) is 12.8. The van der Waals surface area contributed by atoms with Crippen molar-refractivity contribution in [3.05, 3.63) is 93.2 Å². The highest BCUT2D eigenvalue weighted by molar-refractivity contribution is 5.44. The Balaban J connectivity index is 1.42. The van der Waals surface area contributed by atoms with Crippen LogP contribution >= 0.6 is 0 Å². The third-order valence-electron chi connectivity index (χ3n) is 6.84. The second-order valence-electron chi connectivity index (χ2n) is 9.81. The Hall–Kier alpha value is -3.98. The fourth-order valence-corrected chi connectivity index (χ4v) is 4.53. The summed E-state index contributed by atoms with van der Waals surface area (Å²) < 4.78 is 13.0. The van der Waals surface area contributed by atoms with Gasteiger partial charge in [-0.25, -0.2) is 9.37 Å². The molecule has 2 aromatic carbocycles. The van der Waals surface area contributed by atoms with Crippen LogP contribution in [0, 0.1) is 29.1 Å². The molecule has 1 aromatic heterocycles. The second kappa shape index (κ2) is 13.0. The van der Waals surface area contributed by atoms with E-state index in [-0.39, 0.29) is 17.9 Å². The van der Waals surface area contributed by atoms with Gasteiger partial charge in [-0.3, -0.25) is 9.69 Å². The van der Waals surface area contributed by atoms with Gasteiger partial charge < -0.3 is 15.4 Å². The highest BCUT2D eigenvalue weighted by Gasteiger charge is 2.22. The van der Waals surface area contributed by atoms with Crippen molar-refractivity contribution in [1.29, 1.82) is 5.26 Å². The Labute approximate surface area is 222 Å². The molecule has 8 heteroatoms. The van der Waals surface area contributed by atoms with Crippen molar-refractivity contribution in [3.63, 3.8) is 0 Å². The molecule has 3 atom stereocenters. The van der Waals surface area contributed by atoms with Crippen molar-refractivity contribution in [2.24, 2.45) is 5.92 Å². The highest BCUT2D eigenvalue weighted by atomic mass is 19.1. The summed E-state index contributed by atoms with van der Waals surface area (Å²) in [7, 11) is 0. The first-order valence-corrected chi connectivity index (χ1v) is 12.8. The Morgan fingerprint density at radius 2 is 1.87 bits per heavy atom. The van der Waals surface area contributed by atoms with E-state index in [9.17, 15) is 14.3 Å². The molecule has 0 spiro atoms. The van der Waals surface area contributed by atoms with Crippen LogP contribution in [-0.2, 0) is 13.0 Å². The fraction of sp³-hybridized carbons (Fsp3) is 0.367. The molecule has 0 saturated carbocycles. The molecule has 0 bridgehead atoms. The van der Waals surface area contributed by atoms with Crippen molar-refractivity contribution in [1.82, 2.24) is 20.2 Å². The second-order valence-corrected chi connectivity index (χ2v) is 9.81. The number of rotatable bonds is 9. The van der Waals surface area contributed by atoms with Crippen molar-refractivity contribution in [2.45, 2.75) is 38.3 Å². The van der Waals surface area contributed by atoms with E-state index in [4.69, 9.17) is 5.26 Å². The first-order chi connectivity index (χ1) is 18.4. The molecular weight excluding hydrogens is 481 g/mol. The quantitative estimate of drug-likeness (QED) is 0.379. The molecule has 0 aliphatic carbocycles. The molecule has 1 saturated heterocycles. The average molecular weight is 514 g/mol. The van der Waals surface area contributed by atoms with Crippen LogP contribution in [0.2, 0.25) is 0 Å². The van der Waals surface area contributed by atoms with Gasteiger partial charge in [-0.05, 0) is 55.3 Å². The number of likely N-dealkylation sites (tertiary alicyclic amines) is 1. The maximum Gasteiger partial charge on any atom is 0.293 e. The van der Waals surface area contributed by atoms with Gasteiger partial charge in [-0.1, -0.05) is 36.1 Å². The maximum atomic E-state index is 13.0. The topological polar surface area (TPSA) is 105 Å². The first kappa shape index (κ1) is 27.1. The van der Waals surface area contributed by atoms with E-state index in [1.165, 1.54) is 11.9 Å². The van der Waals surface area contributed by atoms with Crippen molar-refractivity contribution in [2.75, 3.05) is 26.3 Å². The molecule has 196 valence electrons. The number of hydrogen-bond acceptors (Lipinski definition) is 6. The van der Waals surface area contributed by atoms with Crippen molar-refractivity contribution < 1.29 is 9.50 Å². The summed E-state index contributed by atoms with van der Waals surface area (Å²) in [6, 6.07) is 18.1. The summed E-state index contributed by atoms with van der Waals surface area (Å²) >= 11 is 0. The summed E-state index contributed by atoms with van der Waals surface area (Å²) in [4.78, 5) is 20.6. The number of nitrogens with zero attached hydrogens (tertiary/aromatic N) is 3. The van der Waals surface area contributed by atoms with Gasteiger partial charge in [0.2, 0.25) is 5.75 Å². The van der Waals surface area contributed by atoms with E-state index in [1.807, 2.05) is 36.4 Å². The molecule has 3 aromatic rings. The minimum Gasteiger partial charge on any atom is -0.502 e. The number of aromatic hydroxyl groups is 1. The van der Waals surface area contributed by atoms with Gasteiger partial charge in [0.05, 0.1) is 24.0 Å².